The van der Waals surface area contributed by atoms with Crippen molar-refractivity contribution in [1.82, 2.24) is 19.7 Å². The van der Waals surface area contributed by atoms with Gasteiger partial charge in [0.15, 0.2) is 5.82 Å². The Morgan fingerprint density at radius 2 is 1.92 bits per heavy atom. The fourth-order valence-electron chi connectivity index (χ4n) is 4.13. The third-order valence-electron chi connectivity index (χ3n) is 5.85. The number of halogens is 1. The third-order valence-corrected chi connectivity index (χ3v) is 6.11. The Bertz CT molecular complexity index is 1450. The molecule has 1 atom stereocenters. The summed E-state index contributed by atoms with van der Waals surface area (Å²) in [7, 11) is 3.16. The van der Waals surface area contributed by atoms with Gasteiger partial charge in [-0.25, -0.2) is 4.68 Å². The van der Waals surface area contributed by atoms with Gasteiger partial charge in [0.25, 0.3) is 5.91 Å². The lowest BCUT2D eigenvalue weighted by molar-refractivity contribution is -0.113. The van der Waals surface area contributed by atoms with Gasteiger partial charge >= 0.3 is 0 Å². The van der Waals surface area contributed by atoms with Gasteiger partial charge in [0, 0.05) is 34.1 Å². The lowest BCUT2D eigenvalue weighted by atomic mass is 9.94. The summed E-state index contributed by atoms with van der Waals surface area (Å²) in [6.07, 6.45) is 3.24. The van der Waals surface area contributed by atoms with Gasteiger partial charge < -0.3 is 20.1 Å². The molecular formula is C26H23ClN6O3. The molecule has 2 aromatic heterocycles. The van der Waals surface area contributed by atoms with E-state index >= 15 is 0 Å². The van der Waals surface area contributed by atoms with Crippen LogP contribution in [-0.2, 0) is 4.79 Å². The number of carbonyl (C=O) groups excluding carboxylic acids is 1. The average Bonchev–Trinajstić information content (AvgIpc) is 3.32. The van der Waals surface area contributed by atoms with Crippen molar-refractivity contribution in [1.29, 1.82) is 0 Å². The zero-order chi connectivity index (χ0) is 25.2. The predicted octanol–water partition coefficient (Wildman–Crippen LogP) is 4.94. The molecule has 10 heteroatoms. The van der Waals surface area contributed by atoms with E-state index < -0.39 is 6.04 Å². The van der Waals surface area contributed by atoms with Crippen molar-refractivity contribution >= 4 is 29.1 Å². The first-order valence-electron chi connectivity index (χ1n) is 11.1. The van der Waals surface area contributed by atoms with Crippen LogP contribution in [0.15, 0.2) is 78.3 Å². The summed E-state index contributed by atoms with van der Waals surface area (Å²) in [6.45, 7) is 1.83. The van der Waals surface area contributed by atoms with Crippen molar-refractivity contribution in [3.63, 3.8) is 0 Å². The van der Waals surface area contributed by atoms with E-state index in [2.05, 4.69) is 15.6 Å². The number of fused-ring (bicyclic) bond motifs is 1. The number of hydrogen-bond acceptors (Lipinski definition) is 7. The van der Waals surface area contributed by atoms with Crippen LogP contribution in [0, 0.1) is 0 Å². The minimum atomic E-state index is -0.632. The number of carbonyl (C=O) groups is 1. The first kappa shape index (κ1) is 23.4. The molecule has 1 aliphatic rings. The van der Waals surface area contributed by atoms with Gasteiger partial charge in [-0.3, -0.25) is 9.78 Å². The summed E-state index contributed by atoms with van der Waals surface area (Å²) in [6, 6.07) is 15.6. The van der Waals surface area contributed by atoms with Crippen LogP contribution in [0.25, 0.3) is 11.4 Å². The number of ether oxygens (including phenoxy) is 2. The highest BCUT2D eigenvalue weighted by Gasteiger charge is 2.36. The van der Waals surface area contributed by atoms with Crippen LogP contribution >= 0.6 is 11.6 Å². The van der Waals surface area contributed by atoms with Crippen LogP contribution < -0.4 is 20.1 Å². The number of aromatic nitrogens is 4. The molecule has 2 aromatic carbocycles. The molecule has 4 aromatic rings. The number of allylic oxidation sites excluding steroid dienone is 1. The topological polar surface area (TPSA) is 103 Å². The minimum Gasteiger partial charge on any atom is -0.497 e. The third kappa shape index (κ3) is 4.36. The summed E-state index contributed by atoms with van der Waals surface area (Å²) in [5, 5.41) is 11.6. The van der Waals surface area contributed by atoms with Gasteiger partial charge in [-0.15, -0.1) is 5.10 Å². The van der Waals surface area contributed by atoms with Crippen LogP contribution in [0.5, 0.6) is 11.5 Å². The normalized spacial score (nSPS) is 14.6. The van der Waals surface area contributed by atoms with Gasteiger partial charge in [-0.1, -0.05) is 11.6 Å². The Morgan fingerprint density at radius 3 is 2.61 bits per heavy atom. The van der Waals surface area contributed by atoms with E-state index in [4.69, 9.17) is 31.2 Å². The second kappa shape index (κ2) is 9.71. The van der Waals surface area contributed by atoms with Gasteiger partial charge in [-0.05, 0) is 55.5 Å². The van der Waals surface area contributed by atoms with Crippen molar-refractivity contribution < 1.29 is 14.3 Å². The molecule has 5 rings (SSSR count). The van der Waals surface area contributed by atoms with E-state index in [1.807, 2.05) is 31.2 Å². The van der Waals surface area contributed by atoms with Gasteiger partial charge in [0.2, 0.25) is 5.95 Å². The number of rotatable bonds is 6. The summed E-state index contributed by atoms with van der Waals surface area (Å²) in [5.41, 5.74) is 3.20. The van der Waals surface area contributed by atoms with Crippen LogP contribution in [-0.4, -0.2) is 39.9 Å². The molecule has 182 valence electrons. The predicted molar refractivity (Wildman–Crippen MR) is 137 cm³/mol. The number of nitrogens with one attached hydrogen (secondary N) is 2. The minimum absolute atomic E-state index is 0.301. The Balaban J connectivity index is 1.65. The number of methoxy groups -OCH3 is 2. The highest BCUT2D eigenvalue weighted by Crippen LogP contribution is 2.41. The maximum atomic E-state index is 13.6. The number of nitrogens with zero attached hydrogens (tertiary/aromatic N) is 4. The number of benzene rings is 2. The molecule has 36 heavy (non-hydrogen) atoms. The molecular weight excluding hydrogens is 480 g/mol. The van der Waals surface area contributed by atoms with Crippen molar-refractivity contribution in [2.45, 2.75) is 13.0 Å². The summed E-state index contributed by atoms with van der Waals surface area (Å²) < 4.78 is 12.8. The molecule has 2 N–H and O–H groups in total. The maximum absolute atomic E-state index is 13.6. The standard InChI is InChI=1S/C26H23ClN6O3/c1-15-22(25(34)30-18-5-4-12-28-14-18)23(20-11-10-19(35-2)13-21(20)36-3)33-26(29-15)31-24(32-33)16-6-8-17(27)9-7-16/h4-14,23H,1-3H3,(H,30,34)(H,29,31,32). The zero-order valence-corrected chi connectivity index (χ0v) is 20.6. The molecule has 0 spiro atoms. The van der Waals surface area contributed by atoms with E-state index in [0.717, 1.165) is 11.1 Å². The van der Waals surface area contributed by atoms with Crippen molar-refractivity contribution in [3.8, 4) is 22.9 Å². The highest BCUT2D eigenvalue weighted by atomic mass is 35.5. The summed E-state index contributed by atoms with van der Waals surface area (Å²) in [5.74, 6) is 1.87. The number of pyridine rings is 1. The van der Waals surface area contributed by atoms with Crippen LogP contribution in [0.1, 0.15) is 18.5 Å². The fourth-order valence-corrected chi connectivity index (χ4v) is 4.26. The SMILES string of the molecule is COc1ccc(C2C(C(=O)Nc3cccnc3)=C(C)Nc3nc(-c4ccc(Cl)cc4)nn32)c(OC)c1. The zero-order valence-electron chi connectivity index (χ0n) is 19.8. The lowest BCUT2D eigenvalue weighted by Gasteiger charge is -2.29. The van der Waals surface area contributed by atoms with Crippen LogP contribution in [0.4, 0.5) is 11.6 Å². The van der Waals surface area contributed by atoms with E-state index in [1.165, 1.54) is 0 Å². The molecule has 1 aliphatic heterocycles. The first-order chi connectivity index (χ1) is 17.5. The smallest absolute Gasteiger partial charge is 0.255 e. The Kier molecular flexibility index (Phi) is 6.30. The molecule has 0 saturated heterocycles. The van der Waals surface area contributed by atoms with Crippen LogP contribution in [0.2, 0.25) is 5.02 Å². The maximum Gasteiger partial charge on any atom is 0.255 e. The van der Waals surface area contributed by atoms with Crippen molar-refractivity contribution in [2.75, 3.05) is 24.9 Å². The first-order valence-corrected chi connectivity index (χ1v) is 11.5. The molecule has 1 unspecified atom stereocenters. The lowest BCUT2D eigenvalue weighted by Crippen LogP contribution is -2.31. The van der Waals surface area contributed by atoms with E-state index in [1.54, 1.807) is 61.6 Å². The molecule has 0 saturated carbocycles. The number of hydrogen-bond donors (Lipinski definition) is 2. The number of amides is 1. The molecule has 0 bridgehead atoms. The van der Waals surface area contributed by atoms with E-state index in [-0.39, 0.29) is 5.91 Å². The van der Waals surface area contributed by atoms with Gasteiger partial charge in [0.1, 0.15) is 17.5 Å². The molecule has 1 amide bonds. The molecule has 9 nitrogen and oxygen atoms in total. The average molecular weight is 503 g/mol. The van der Waals surface area contributed by atoms with Crippen molar-refractivity contribution in [3.05, 3.63) is 88.8 Å². The largest absolute Gasteiger partial charge is 0.497 e. The molecule has 0 fully saturated rings. The van der Waals surface area contributed by atoms with Gasteiger partial charge in [0.05, 0.1) is 31.7 Å². The Hall–Kier alpha value is -4.37. The molecule has 0 aliphatic carbocycles. The van der Waals surface area contributed by atoms with Crippen LogP contribution in [0.3, 0.4) is 0 Å². The fraction of sp³-hybridized carbons (Fsp3) is 0.154. The second-order valence-electron chi connectivity index (χ2n) is 8.08. The molecule has 0 radical (unpaired) electrons. The van der Waals surface area contributed by atoms with E-state index in [0.29, 0.717) is 45.3 Å². The van der Waals surface area contributed by atoms with E-state index in [9.17, 15) is 4.79 Å². The second-order valence-corrected chi connectivity index (χ2v) is 8.52. The number of anilines is 2. The monoisotopic (exact) mass is 502 g/mol. The summed E-state index contributed by atoms with van der Waals surface area (Å²) in [4.78, 5) is 22.4. The van der Waals surface area contributed by atoms with Crippen molar-refractivity contribution in [2.24, 2.45) is 0 Å². The molecule has 3 heterocycles. The highest BCUT2D eigenvalue weighted by molar-refractivity contribution is 6.30. The Morgan fingerprint density at radius 1 is 1.11 bits per heavy atom. The van der Waals surface area contributed by atoms with Gasteiger partial charge in [-0.2, -0.15) is 4.98 Å². The Labute approximate surface area is 212 Å². The summed E-state index contributed by atoms with van der Waals surface area (Å²) >= 11 is 6.06. The quantitative estimate of drug-likeness (QED) is 0.385.